The standard InChI is InChI=1S/C19H24N4S.C2H6/c1-22-9-7-16(8-10-22)23-11-6-14-13-15(4-5-17(14)23)21-19(20)18-3-2-12-24-18;1-2/h2-5,12-13,16H,6-11H2,1H3,(H2,20,21);1-2H3. The second-order valence-electron chi connectivity index (χ2n) is 6.77. The Bertz CT molecular complexity index is 730. The van der Waals surface area contributed by atoms with Gasteiger partial charge in [0.15, 0.2) is 0 Å². The Hall–Kier alpha value is -1.85. The van der Waals surface area contributed by atoms with Crippen LogP contribution in [-0.4, -0.2) is 43.5 Å². The lowest BCUT2D eigenvalue weighted by atomic mass is 10.0. The number of thiophene rings is 1. The number of benzene rings is 1. The molecule has 2 N–H and O–H groups in total. The van der Waals surface area contributed by atoms with Crippen molar-refractivity contribution < 1.29 is 0 Å². The van der Waals surface area contributed by atoms with Gasteiger partial charge in [-0.3, -0.25) is 0 Å². The molecule has 0 spiro atoms. The van der Waals surface area contributed by atoms with Crippen LogP contribution in [0.15, 0.2) is 40.7 Å². The van der Waals surface area contributed by atoms with E-state index >= 15 is 0 Å². The maximum absolute atomic E-state index is 6.12. The lowest BCUT2D eigenvalue weighted by Gasteiger charge is -2.36. The van der Waals surface area contributed by atoms with E-state index in [1.807, 2.05) is 31.4 Å². The number of nitrogens with two attached hydrogens (primary N) is 1. The number of fused-ring (bicyclic) bond motifs is 1. The summed E-state index contributed by atoms with van der Waals surface area (Å²) in [4.78, 5) is 10.7. The van der Waals surface area contributed by atoms with E-state index in [0.717, 1.165) is 23.5 Å². The van der Waals surface area contributed by atoms with Gasteiger partial charge in [-0.15, -0.1) is 11.3 Å². The zero-order valence-electron chi connectivity index (χ0n) is 16.1. The first kappa shape index (κ1) is 18.9. The molecule has 1 aromatic heterocycles. The largest absolute Gasteiger partial charge is 0.383 e. The SMILES string of the molecule is CC.CN1CCC(N2CCc3cc(N=C(N)c4cccs4)ccc32)CC1. The molecule has 2 aliphatic heterocycles. The number of likely N-dealkylation sites (tertiary alicyclic amines) is 1. The molecular formula is C21H30N4S. The summed E-state index contributed by atoms with van der Waals surface area (Å²) in [5, 5.41) is 2.03. The highest BCUT2D eigenvalue weighted by molar-refractivity contribution is 7.12. The molecule has 2 aromatic rings. The molecule has 140 valence electrons. The number of hydrogen-bond donors (Lipinski definition) is 1. The second-order valence-corrected chi connectivity index (χ2v) is 7.71. The van der Waals surface area contributed by atoms with E-state index in [1.54, 1.807) is 11.3 Å². The van der Waals surface area contributed by atoms with Gasteiger partial charge in [0, 0.05) is 18.3 Å². The molecule has 0 bridgehead atoms. The Balaban J connectivity index is 0.000000948. The predicted molar refractivity (Wildman–Crippen MR) is 114 cm³/mol. The first-order chi connectivity index (χ1) is 12.7. The van der Waals surface area contributed by atoms with Crippen molar-refractivity contribution in [1.29, 1.82) is 0 Å². The molecule has 3 heterocycles. The zero-order valence-corrected chi connectivity index (χ0v) is 16.9. The van der Waals surface area contributed by atoms with Gasteiger partial charge in [-0.05, 0) is 74.6 Å². The van der Waals surface area contributed by atoms with E-state index in [1.165, 1.54) is 37.2 Å². The van der Waals surface area contributed by atoms with Crippen LogP contribution < -0.4 is 10.6 Å². The van der Waals surface area contributed by atoms with Crippen molar-refractivity contribution in [2.75, 3.05) is 31.6 Å². The number of piperidine rings is 1. The van der Waals surface area contributed by atoms with E-state index in [-0.39, 0.29) is 0 Å². The summed E-state index contributed by atoms with van der Waals surface area (Å²) >= 11 is 1.63. The number of rotatable bonds is 3. The van der Waals surface area contributed by atoms with Crippen molar-refractivity contribution in [2.24, 2.45) is 10.7 Å². The molecule has 4 rings (SSSR count). The summed E-state index contributed by atoms with van der Waals surface area (Å²) in [6.45, 7) is 7.55. The summed E-state index contributed by atoms with van der Waals surface area (Å²) in [5.41, 5.74) is 9.89. The van der Waals surface area contributed by atoms with Gasteiger partial charge in [0.1, 0.15) is 5.84 Å². The van der Waals surface area contributed by atoms with Crippen LogP contribution in [0.1, 0.15) is 37.1 Å². The van der Waals surface area contributed by atoms with Crippen LogP contribution >= 0.6 is 11.3 Å². The van der Waals surface area contributed by atoms with Crippen LogP contribution in [0.5, 0.6) is 0 Å². The average Bonchev–Trinajstić information content (AvgIpc) is 3.34. The molecule has 0 atom stereocenters. The molecule has 4 nitrogen and oxygen atoms in total. The number of amidine groups is 1. The van der Waals surface area contributed by atoms with E-state index in [2.05, 4.69) is 40.0 Å². The quantitative estimate of drug-likeness (QED) is 0.648. The van der Waals surface area contributed by atoms with Gasteiger partial charge in [0.05, 0.1) is 10.6 Å². The predicted octanol–water partition coefficient (Wildman–Crippen LogP) is 4.27. The number of hydrogen-bond acceptors (Lipinski definition) is 4. The third kappa shape index (κ3) is 4.10. The summed E-state index contributed by atoms with van der Waals surface area (Å²) in [6.07, 6.45) is 3.65. The summed E-state index contributed by atoms with van der Waals surface area (Å²) in [6, 6.07) is 11.3. The minimum atomic E-state index is 0.607. The van der Waals surface area contributed by atoms with Crippen LogP contribution in [0.4, 0.5) is 11.4 Å². The molecule has 0 unspecified atom stereocenters. The smallest absolute Gasteiger partial charge is 0.141 e. The summed E-state index contributed by atoms with van der Waals surface area (Å²) in [7, 11) is 2.22. The van der Waals surface area contributed by atoms with Crippen LogP contribution in [-0.2, 0) is 6.42 Å². The topological polar surface area (TPSA) is 44.9 Å². The van der Waals surface area contributed by atoms with Gasteiger partial charge >= 0.3 is 0 Å². The van der Waals surface area contributed by atoms with Crippen molar-refractivity contribution in [3.8, 4) is 0 Å². The minimum Gasteiger partial charge on any atom is -0.383 e. The van der Waals surface area contributed by atoms with Gasteiger partial charge < -0.3 is 15.5 Å². The van der Waals surface area contributed by atoms with Crippen molar-refractivity contribution >= 4 is 28.5 Å². The third-order valence-corrected chi connectivity index (χ3v) is 6.04. The molecule has 1 aromatic carbocycles. The van der Waals surface area contributed by atoms with Crippen LogP contribution in [0.2, 0.25) is 0 Å². The van der Waals surface area contributed by atoms with Crippen molar-refractivity contribution in [3.63, 3.8) is 0 Å². The summed E-state index contributed by atoms with van der Waals surface area (Å²) < 4.78 is 0. The van der Waals surface area contributed by atoms with Gasteiger partial charge in [-0.25, -0.2) is 4.99 Å². The lowest BCUT2D eigenvalue weighted by Crippen LogP contribution is -2.43. The lowest BCUT2D eigenvalue weighted by molar-refractivity contribution is 0.251. The van der Waals surface area contributed by atoms with E-state index < -0.39 is 0 Å². The molecule has 5 heteroatoms. The first-order valence-corrected chi connectivity index (χ1v) is 10.5. The molecule has 1 fully saturated rings. The zero-order chi connectivity index (χ0) is 18.5. The second kappa shape index (κ2) is 8.69. The highest BCUT2D eigenvalue weighted by atomic mass is 32.1. The molecule has 0 amide bonds. The van der Waals surface area contributed by atoms with Gasteiger partial charge in [0.25, 0.3) is 0 Å². The van der Waals surface area contributed by atoms with Crippen LogP contribution in [0, 0.1) is 0 Å². The molecular weight excluding hydrogens is 340 g/mol. The molecule has 2 aliphatic rings. The van der Waals surface area contributed by atoms with Crippen molar-refractivity contribution in [1.82, 2.24) is 4.90 Å². The first-order valence-electron chi connectivity index (χ1n) is 9.67. The Morgan fingerprint density at radius 2 is 1.92 bits per heavy atom. The summed E-state index contributed by atoms with van der Waals surface area (Å²) in [5.74, 6) is 0.607. The average molecular weight is 371 g/mol. The molecule has 0 radical (unpaired) electrons. The highest BCUT2D eigenvalue weighted by Crippen LogP contribution is 2.35. The molecule has 0 saturated carbocycles. The maximum atomic E-state index is 6.12. The Kier molecular flexibility index (Phi) is 6.33. The fraction of sp³-hybridized carbons (Fsp3) is 0.476. The van der Waals surface area contributed by atoms with Crippen molar-refractivity contribution in [3.05, 3.63) is 46.2 Å². The van der Waals surface area contributed by atoms with Gasteiger partial charge in [0.2, 0.25) is 0 Å². The van der Waals surface area contributed by atoms with E-state index in [9.17, 15) is 0 Å². The number of nitrogens with zero attached hydrogens (tertiary/aromatic N) is 3. The number of aliphatic imine (C=N–C) groups is 1. The maximum Gasteiger partial charge on any atom is 0.141 e. The molecule has 1 saturated heterocycles. The fourth-order valence-electron chi connectivity index (χ4n) is 3.79. The van der Waals surface area contributed by atoms with Gasteiger partial charge in [-0.1, -0.05) is 19.9 Å². The highest BCUT2D eigenvalue weighted by Gasteiger charge is 2.28. The normalized spacial score (nSPS) is 18.4. The third-order valence-electron chi connectivity index (χ3n) is 5.15. The van der Waals surface area contributed by atoms with Crippen LogP contribution in [0.25, 0.3) is 0 Å². The van der Waals surface area contributed by atoms with Gasteiger partial charge in [-0.2, -0.15) is 0 Å². The minimum absolute atomic E-state index is 0.607. The van der Waals surface area contributed by atoms with Crippen LogP contribution in [0.3, 0.4) is 0 Å². The Labute approximate surface area is 161 Å². The van der Waals surface area contributed by atoms with E-state index in [0.29, 0.717) is 11.9 Å². The Morgan fingerprint density at radius 1 is 1.15 bits per heavy atom. The van der Waals surface area contributed by atoms with E-state index in [4.69, 9.17) is 5.73 Å². The monoisotopic (exact) mass is 370 g/mol. The van der Waals surface area contributed by atoms with Crippen molar-refractivity contribution in [2.45, 2.75) is 39.2 Å². The molecule has 0 aliphatic carbocycles. The Morgan fingerprint density at radius 3 is 2.62 bits per heavy atom. The molecule has 26 heavy (non-hydrogen) atoms. The fourth-order valence-corrected chi connectivity index (χ4v) is 4.41. The number of anilines is 1.